The van der Waals surface area contributed by atoms with Crippen molar-refractivity contribution in [3.63, 3.8) is 0 Å². The number of hydrogen-bond acceptors (Lipinski definition) is 9. The van der Waals surface area contributed by atoms with E-state index in [1.54, 1.807) is 6.07 Å². The second-order valence-corrected chi connectivity index (χ2v) is 8.52. The highest BCUT2D eigenvalue weighted by Crippen LogP contribution is 2.39. The fourth-order valence-electron chi connectivity index (χ4n) is 3.98. The lowest BCUT2D eigenvalue weighted by molar-refractivity contribution is -0.201. The molecule has 4 rings (SSSR count). The van der Waals surface area contributed by atoms with E-state index in [1.165, 1.54) is 29.3 Å². The fraction of sp³-hybridized carbons (Fsp3) is 0.455. The molecule has 2 bridgehead atoms. The van der Waals surface area contributed by atoms with Crippen molar-refractivity contribution in [2.45, 2.75) is 30.8 Å². The lowest BCUT2D eigenvalue weighted by Gasteiger charge is -2.35. The number of fused-ring (bicyclic) bond motifs is 4. The topological polar surface area (TPSA) is 160 Å². The van der Waals surface area contributed by atoms with Crippen LogP contribution >= 0.6 is 0 Å². The Morgan fingerprint density at radius 1 is 1.24 bits per heavy atom. The minimum absolute atomic E-state index is 0.137. The van der Waals surface area contributed by atoms with Crippen molar-refractivity contribution in [1.29, 1.82) is 0 Å². The smallest absolute Gasteiger partial charge is 0.416 e. The van der Waals surface area contributed by atoms with E-state index < -0.39 is 43.5 Å². The molecule has 12 nitrogen and oxygen atoms in total. The van der Waals surface area contributed by atoms with Crippen molar-refractivity contribution in [2.75, 3.05) is 48.0 Å². The summed E-state index contributed by atoms with van der Waals surface area (Å²) in [7, 11) is 0. The second-order valence-electron chi connectivity index (χ2n) is 8.52. The average molecular weight is 526 g/mol. The van der Waals surface area contributed by atoms with Gasteiger partial charge in [0, 0.05) is 25.4 Å². The Bertz CT molecular complexity index is 1150. The first-order valence-electron chi connectivity index (χ1n) is 11.3. The third kappa shape index (κ3) is 6.00. The Morgan fingerprint density at radius 3 is 2.76 bits per heavy atom. The lowest BCUT2D eigenvalue weighted by Crippen LogP contribution is -2.48. The van der Waals surface area contributed by atoms with E-state index in [-0.39, 0.29) is 30.0 Å². The van der Waals surface area contributed by atoms with Crippen LogP contribution in [0, 0.1) is 0 Å². The summed E-state index contributed by atoms with van der Waals surface area (Å²) in [6, 6.07) is 4.98. The number of nitrogens with one attached hydrogen (secondary N) is 2. The van der Waals surface area contributed by atoms with Gasteiger partial charge in [-0.15, -0.1) is 0 Å². The highest BCUT2D eigenvalue weighted by atomic mass is 19.4. The van der Waals surface area contributed by atoms with Gasteiger partial charge in [0.15, 0.2) is 11.9 Å². The molecule has 1 fully saturated rings. The number of halogens is 3. The van der Waals surface area contributed by atoms with Crippen molar-refractivity contribution in [3.8, 4) is 5.75 Å². The molecule has 15 heteroatoms. The molecule has 2 aliphatic rings. The van der Waals surface area contributed by atoms with Crippen LogP contribution in [0.25, 0.3) is 0 Å². The summed E-state index contributed by atoms with van der Waals surface area (Å²) in [6.45, 7) is -0.515. The quantitative estimate of drug-likeness (QED) is 0.330. The predicted molar refractivity (Wildman–Crippen MR) is 124 cm³/mol. The summed E-state index contributed by atoms with van der Waals surface area (Å²) >= 11 is 0. The van der Waals surface area contributed by atoms with Crippen LogP contribution < -0.4 is 25.2 Å². The maximum Gasteiger partial charge on any atom is 0.416 e. The number of ether oxygens (including phenoxy) is 1. The molecule has 0 aromatic carbocycles. The van der Waals surface area contributed by atoms with E-state index in [0.717, 1.165) is 0 Å². The number of rotatable bonds is 8. The number of alkyl halides is 3. The van der Waals surface area contributed by atoms with Gasteiger partial charge in [-0.25, -0.2) is 14.8 Å². The van der Waals surface area contributed by atoms with Crippen molar-refractivity contribution in [3.05, 3.63) is 36.2 Å². The zero-order valence-electron chi connectivity index (χ0n) is 19.4. The standard InChI is InChI=1S/C22H25F3N6O6/c23-22(24,25)17(34)8-27-20(35)15-1-2-16-19(28-15)31(12-4-6-30(16)9-12)21(36)29-18-7-14(3-5-26-18)37-11-13(33)10-32/h1-3,5,7,12-13,17,32-34H,4,6,8-11H2,(H,27,35)(H,26,29,36)/t12-,13+,17-/m0/s1. The van der Waals surface area contributed by atoms with Crippen LogP contribution in [0.5, 0.6) is 5.75 Å². The molecule has 2 aromatic heterocycles. The van der Waals surface area contributed by atoms with Crippen molar-refractivity contribution < 1.29 is 42.8 Å². The number of aliphatic hydroxyl groups excluding tert-OH is 3. The molecule has 37 heavy (non-hydrogen) atoms. The molecule has 4 heterocycles. The Hall–Kier alpha value is -3.69. The SMILES string of the molecule is O=C(NC[C@H](O)C(F)(F)F)c1ccc2c(n1)N(C(=O)Nc1cc(OC[C@H](O)CO)ccn1)[C@H]1CCN2C1. The molecule has 0 saturated carbocycles. The molecule has 2 aromatic rings. The number of pyridine rings is 2. The normalized spacial score (nSPS) is 18.2. The third-order valence-electron chi connectivity index (χ3n) is 5.86. The Labute approximate surface area is 208 Å². The summed E-state index contributed by atoms with van der Waals surface area (Å²) in [6.07, 6.45) is -6.67. The van der Waals surface area contributed by atoms with E-state index >= 15 is 0 Å². The summed E-state index contributed by atoms with van der Waals surface area (Å²) < 4.78 is 43.0. The molecule has 3 atom stereocenters. The Morgan fingerprint density at radius 2 is 2.03 bits per heavy atom. The van der Waals surface area contributed by atoms with Gasteiger partial charge in [-0.1, -0.05) is 0 Å². The first-order valence-corrected chi connectivity index (χ1v) is 11.3. The number of hydrogen-bond donors (Lipinski definition) is 5. The maximum absolute atomic E-state index is 13.3. The number of aliphatic hydroxyl groups is 3. The Kier molecular flexibility index (Phi) is 7.65. The number of aromatic nitrogens is 2. The molecule has 1 saturated heterocycles. The summed E-state index contributed by atoms with van der Waals surface area (Å²) in [5.41, 5.74) is 0.364. The van der Waals surface area contributed by atoms with Gasteiger partial charge in [-0.05, 0) is 24.6 Å². The summed E-state index contributed by atoms with van der Waals surface area (Å²) in [5, 5.41) is 32.1. The van der Waals surface area contributed by atoms with Gasteiger partial charge < -0.3 is 30.3 Å². The van der Waals surface area contributed by atoms with E-state index in [0.29, 0.717) is 30.9 Å². The third-order valence-corrected chi connectivity index (χ3v) is 5.86. The number of urea groups is 1. The molecular formula is C22H25F3N6O6. The second kappa shape index (κ2) is 10.7. The fourth-order valence-corrected chi connectivity index (χ4v) is 3.98. The minimum atomic E-state index is -4.88. The number of amides is 3. The highest BCUT2D eigenvalue weighted by Gasteiger charge is 2.41. The van der Waals surface area contributed by atoms with Crippen molar-refractivity contribution in [2.24, 2.45) is 0 Å². The van der Waals surface area contributed by atoms with Gasteiger partial charge in [0.2, 0.25) is 0 Å². The van der Waals surface area contributed by atoms with Gasteiger partial charge in [-0.2, -0.15) is 13.2 Å². The molecular weight excluding hydrogens is 501 g/mol. The molecule has 0 spiro atoms. The molecule has 0 unspecified atom stereocenters. The van der Waals surface area contributed by atoms with E-state index in [4.69, 9.17) is 14.9 Å². The molecule has 0 radical (unpaired) electrons. The number of nitrogens with zero attached hydrogens (tertiary/aromatic N) is 4. The van der Waals surface area contributed by atoms with Gasteiger partial charge >= 0.3 is 12.2 Å². The number of carbonyl (C=O) groups excluding carboxylic acids is 2. The first-order chi connectivity index (χ1) is 17.6. The lowest BCUT2D eigenvalue weighted by atomic mass is 10.1. The van der Waals surface area contributed by atoms with Crippen LogP contribution in [0.1, 0.15) is 16.9 Å². The van der Waals surface area contributed by atoms with Gasteiger partial charge in [0.1, 0.15) is 30.0 Å². The summed E-state index contributed by atoms with van der Waals surface area (Å²) in [5.74, 6) is -0.343. The average Bonchev–Trinajstić information content (AvgIpc) is 3.29. The van der Waals surface area contributed by atoms with Crippen LogP contribution in [-0.4, -0.2) is 94.5 Å². The minimum Gasteiger partial charge on any atom is -0.491 e. The zero-order chi connectivity index (χ0) is 26.7. The van der Waals surface area contributed by atoms with Crippen LogP contribution in [-0.2, 0) is 0 Å². The zero-order valence-corrected chi connectivity index (χ0v) is 19.4. The Balaban J connectivity index is 1.51. The first kappa shape index (κ1) is 26.4. The monoisotopic (exact) mass is 526 g/mol. The maximum atomic E-state index is 13.3. The van der Waals surface area contributed by atoms with E-state index in [1.807, 2.05) is 10.2 Å². The van der Waals surface area contributed by atoms with Gasteiger partial charge in [-0.3, -0.25) is 15.0 Å². The van der Waals surface area contributed by atoms with Crippen LogP contribution in [0.2, 0.25) is 0 Å². The number of carbonyl (C=O) groups is 2. The van der Waals surface area contributed by atoms with Crippen molar-refractivity contribution in [1.82, 2.24) is 15.3 Å². The number of anilines is 3. The largest absolute Gasteiger partial charge is 0.491 e. The van der Waals surface area contributed by atoms with Gasteiger partial charge in [0.25, 0.3) is 5.91 Å². The molecule has 5 N–H and O–H groups in total. The van der Waals surface area contributed by atoms with Crippen LogP contribution in [0.4, 0.5) is 35.3 Å². The molecule has 2 aliphatic heterocycles. The molecule has 0 aliphatic carbocycles. The van der Waals surface area contributed by atoms with Crippen molar-refractivity contribution >= 4 is 29.3 Å². The molecule has 3 amide bonds. The van der Waals surface area contributed by atoms with Gasteiger partial charge in [0.05, 0.1) is 24.9 Å². The van der Waals surface area contributed by atoms with Crippen LogP contribution in [0.3, 0.4) is 0 Å². The molecule has 200 valence electrons. The van der Waals surface area contributed by atoms with Crippen LogP contribution in [0.15, 0.2) is 30.5 Å². The summed E-state index contributed by atoms with van der Waals surface area (Å²) in [4.78, 5) is 37.4. The van der Waals surface area contributed by atoms with E-state index in [2.05, 4.69) is 15.3 Å². The predicted octanol–water partition coefficient (Wildman–Crippen LogP) is 0.492. The highest BCUT2D eigenvalue weighted by molar-refractivity contribution is 6.05. The van der Waals surface area contributed by atoms with E-state index in [9.17, 15) is 27.9 Å².